The molecule has 29 heavy (non-hydrogen) atoms. The van der Waals surface area contributed by atoms with Gasteiger partial charge in [0.2, 0.25) is 11.8 Å². The maximum atomic E-state index is 13.4. The molecule has 10 heteroatoms. The highest BCUT2D eigenvalue weighted by molar-refractivity contribution is 5.99. The molecule has 0 unspecified atom stereocenters. The highest BCUT2D eigenvalue weighted by Crippen LogP contribution is 2.21. The van der Waals surface area contributed by atoms with Crippen LogP contribution in [0.4, 0.5) is 10.3 Å². The number of imidazole rings is 1. The number of primary amides is 1. The second-order valence-electron chi connectivity index (χ2n) is 6.08. The van der Waals surface area contributed by atoms with Crippen molar-refractivity contribution in [3.63, 3.8) is 0 Å². The van der Waals surface area contributed by atoms with Crippen molar-refractivity contribution >= 4 is 17.4 Å². The van der Waals surface area contributed by atoms with Gasteiger partial charge in [0.05, 0.1) is 24.4 Å². The molecule has 3 heterocycles. The van der Waals surface area contributed by atoms with Crippen molar-refractivity contribution in [2.24, 2.45) is 5.73 Å². The molecule has 3 aromatic heterocycles. The van der Waals surface area contributed by atoms with Crippen molar-refractivity contribution in [3.8, 4) is 17.7 Å². The lowest BCUT2D eigenvalue weighted by molar-refractivity contribution is 0.100. The lowest BCUT2D eigenvalue weighted by Crippen LogP contribution is -2.12. The number of pyridine rings is 1. The van der Waals surface area contributed by atoms with Crippen LogP contribution in [0.25, 0.3) is 17.2 Å². The summed E-state index contributed by atoms with van der Waals surface area (Å²) in [5, 5.41) is 3.02. The second kappa shape index (κ2) is 7.50. The molecule has 0 saturated heterocycles. The van der Waals surface area contributed by atoms with E-state index < -0.39 is 5.91 Å². The number of fused-ring (bicyclic) bond motifs is 1. The number of aromatic nitrogens is 5. The molecule has 146 valence electrons. The molecule has 9 nitrogen and oxygen atoms in total. The van der Waals surface area contributed by atoms with E-state index in [0.717, 1.165) is 5.56 Å². The average Bonchev–Trinajstić information content (AvgIpc) is 3.16. The Morgan fingerprint density at radius 1 is 1.24 bits per heavy atom. The zero-order valence-corrected chi connectivity index (χ0v) is 15.3. The lowest BCUT2D eigenvalue weighted by atomic mass is 10.2. The Bertz CT molecular complexity index is 1210. The van der Waals surface area contributed by atoms with Gasteiger partial charge in [-0.05, 0) is 29.8 Å². The normalized spacial score (nSPS) is 10.8. The zero-order chi connectivity index (χ0) is 20.4. The van der Waals surface area contributed by atoms with E-state index in [1.807, 2.05) is 0 Å². The van der Waals surface area contributed by atoms with E-state index in [0.29, 0.717) is 23.4 Å². The molecule has 0 spiro atoms. The third kappa shape index (κ3) is 3.68. The Morgan fingerprint density at radius 2 is 2.10 bits per heavy atom. The summed E-state index contributed by atoms with van der Waals surface area (Å²) in [6.45, 7) is 0.304. The molecule has 0 saturated carbocycles. The van der Waals surface area contributed by atoms with Crippen LogP contribution in [-0.4, -0.2) is 37.4 Å². The van der Waals surface area contributed by atoms with Crippen molar-refractivity contribution in [1.82, 2.24) is 24.3 Å². The first-order valence-electron chi connectivity index (χ1n) is 8.60. The SMILES string of the molecule is COc1nc(NCc2cccc(F)c2)nc(-c2ncc3c(C(N)=O)cccn23)n1. The van der Waals surface area contributed by atoms with E-state index in [2.05, 4.69) is 25.3 Å². The van der Waals surface area contributed by atoms with Gasteiger partial charge in [-0.25, -0.2) is 9.37 Å². The molecule has 0 radical (unpaired) electrons. The van der Waals surface area contributed by atoms with Gasteiger partial charge < -0.3 is 15.8 Å². The molecular formula is C19H16FN7O2. The number of hydrogen-bond donors (Lipinski definition) is 2. The summed E-state index contributed by atoms with van der Waals surface area (Å²) in [4.78, 5) is 28.8. The largest absolute Gasteiger partial charge is 0.467 e. The van der Waals surface area contributed by atoms with Gasteiger partial charge in [0, 0.05) is 12.7 Å². The first kappa shape index (κ1) is 18.3. The number of ether oxygens (including phenoxy) is 1. The predicted octanol–water partition coefficient (Wildman–Crippen LogP) is 2.04. The summed E-state index contributed by atoms with van der Waals surface area (Å²) in [6.07, 6.45) is 3.24. The van der Waals surface area contributed by atoms with Crippen molar-refractivity contribution in [3.05, 3.63) is 65.7 Å². The van der Waals surface area contributed by atoms with Crippen LogP contribution in [0.2, 0.25) is 0 Å². The molecule has 3 N–H and O–H groups in total. The van der Waals surface area contributed by atoms with E-state index in [4.69, 9.17) is 10.5 Å². The third-order valence-electron chi connectivity index (χ3n) is 4.17. The number of carbonyl (C=O) groups excluding carboxylic acids is 1. The van der Waals surface area contributed by atoms with E-state index in [9.17, 15) is 9.18 Å². The minimum absolute atomic E-state index is 0.0829. The maximum Gasteiger partial charge on any atom is 0.321 e. The molecule has 1 aromatic carbocycles. The summed E-state index contributed by atoms with van der Waals surface area (Å²) >= 11 is 0. The molecule has 1 amide bonds. The van der Waals surface area contributed by atoms with Gasteiger partial charge in [-0.2, -0.15) is 15.0 Å². The highest BCUT2D eigenvalue weighted by Gasteiger charge is 2.16. The van der Waals surface area contributed by atoms with Gasteiger partial charge >= 0.3 is 6.01 Å². The minimum Gasteiger partial charge on any atom is -0.467 e. The van der Waals surface area contributed by atoms with Crippen molar-refractivity contribution in [2.75, 3.05) is 12.4 Å². The van der Waals surface area contributed by atoms with E-state index in [1.54, 1.807) is 34.9 Å². The molecule has 0 fully saturated rings. The number of methoxy groups -OCH3 is 1. The Kier molecular flexibility index (Phi) is 4.73. The van der Waals surface area contributed by atoms with Crippen molar-refractivity contribution in [2.45, 2.75) is 6.54 Å². The molecule has 0 aliphatic heterocycles. The maximum absolute atomic E-state index is 13.4. The number of rotatable bonds is 6. The topological polar surface area (TPSA) is 120 Å². The third-order valence-corrected chi connectivity index (χ3v) is 4.17. The van der Waals surface area contributed by atoms with Gasteiger partial charge in [0.1, 0.15) is 5.82 Å². The second-order valence-corrected chi connectivity index (χ2v) is 6.08. The number of amides is 1. The number of nitrogens with two attached hydrogens (primary N) is 1. The van der Waals surface area contributed by atoms with Crippen LogP contribution in [0.15, 0.2) is 48.8 Å². The first-order valence-corrected chi connectivity index (χ1v) is 8.60. The summed E-state index contributed by atoms with van der Waals surface area (Å²) in [5.41, 5.74) is 7.01. The fourth-order valence-corrected chi connectivity index (χ4v) is 2.85. The fraction of sp³-hybridized carbons (Fsp3) is 0.105. The summed E-state index contributed by atoms with van der Waals surface area (Å²) < 4.78 is 20.2. The minimum atomic E-state index is -0.562. The molecule has 4 aromatic rings. The summed E-state index contributed by atoms with van der Waals surface area (Å²) in [5.74, 6) is -0.0308. The number of benzene rings is 1. The quantitative estimate of drug-likeness (QED) is 0.514. The molecule has 0 aliphatic carbocycles. The van der Waals surface area contributed by atoms with E-state index >= 15 is 0 Å². The van der Waals surface area contributed by atoms with Gasteiger partial charge in [-0.1, -0.05) is 12.1 Å². The molecule has 0 atom stereocenters. The number of hydrogen-bond acceptors (Lipinski definition) is 7. The molecule has 4 rings (SSSR count). The molecular weight excluding hydrogens is 377 g/mol. The average molecular weight is 393 g/mol. The van der Waals surface area contributed by atoms with Crippen molar-refractivity contribution in [1.29, 1.82) is 0 Å². The van der Waals surface area contributed by atoms with Crippen LogP contribution < -0.4 is 15.8 Å². The Labute approximate surface area is 164 Å². The molecule has 0 bridgehead atoms. The first-order chi connectivity index (χ1) is 14.0. The van der Waals surface area contributed by atoms with E-state index in [1.165, 1.54) is 25.4 Å². The summed E-state index contributed by atoms with van der Waals surface area (Å²) in [7, 11) is 1.43. The number of carbonyl (C=O) groups is 1. The van der Waals surface area contributed by atoms with Crippen LogP contribution in [-0.2, 0) is 6.54 Å². The summed E-state index contributed by atoms with van der Waals surface area (Å²) in [6, 6.07) is 9.57. The Balaban J connectivity index is 1.71. The predicted molar refractivity (Wildman–Crippen MR) is 103 cm³/mol. The van der Waals surface area contributed by atoms with Gasteiger partial charge in [-0.15, -0.1) is 0 Å². The number of anilines is 1. The monoisotopic (exact) mass is 393 g/mol. The van der Waals surface area contributed by atoms with Gasteiger partial charge in [0.25, 0.3) is 5.91 Å². The fourth-order valence-electron chi connectivity index (χ4n) is 2.85. The lowest BCUT2D eigenvalue weighted by Gasteiger charge is -2.08. The Morgan fingerprint density at radius 3 is 2.86 bits per heavy atom. The number of nitrogens with one attached hydrogen (secondary N) is 1. The van der Waals surface area contributed by atoms with Crippen LogP contribution in [0, 0.1) is 5.82 Å². The number of halogens is 1. The van der Waals surface area contributed by atoms with Crippen molar-refractivity contribution < 1.29 is 13.9 Å². The van der Waals surface area contributed by atoms with Crippen LogP contribution in [0.5, 0.6) is 6.01 Å². The highest BCUT2D eigenvalue weighted by atomic mass is 19.1. The Hall–Kier alpha value is -4.08. The standard InChI is InChI=1S/C19H16FN7O2/c1-29-19-25-16(17-22-10-14-13(15(21)28)6-3-7-27(14)17)24-18(26-19)23-9-11-4-2-5-12(20)8-11/h2-8,10H,9H2,1H3,(H2,21,28)(H,23,24,25,26). The smallest absolute Gasteiger partial charge is 0.321 e. The van der Waals surface area contributed by atoms with Crippen LogP contribution >= 0.6 is 0 Å². The van der Waals surface area contributed by atoms with E-state index in [-0.39, 0.29) is 23.6 Å². The van der Waals surface area contributed by atoms with Gasteiger partial charge in [-0.3, -0.25) is 9.20 Å². The molecule has 0 aliphatic rings. The zero-order valence-electron chi connectivity index (χ0n) is 15.3. The van der Waals surface area contributed by atoms with Gasteiger partial charge in [0.15, 0.2) is 5.82 Å². The van der Waals surface area contributed by atoms with Crippen LogP contribution in [0.1, 0.15) is 15.9 Å². The van der Waals surface area contributed by atoms with Crippen LogP contribution in [0.3, 0.4) is 0 Å². The number of nitrogens with zero attached hydrogens (tertiary/aromatic N) is 5.